The molecule has 0 unspecified atom stereocenters. The Bertz CT molecular complexity index is 879. The van der Waals surface area contributed by atoms with E-state index in [0.717, 1.165) is 35.7 Å². The van der Waals surface area contributed by atoms with Crippen LogP contribution in [0.1, 0.15) is 35.6 Å². The van der Waals surface area contributed by atoms with Gasteiger partial charge in [0.25, 0.3) is 0 Å². The standard InChI is InChI=1S/C25H28ClNO/c1-19-7-6-10-22(15-19)18-28-25-14-13-24(26)16-23(25)17-27-20(2)11-12-21-8-4-3-5-9-21/h3-10,13-16,20,27H,11-12,17-18H2,1-2H3/t20-/m1/s1. The third-order valence-corrected chi connectivity index (χ3v) is 5.08. The molecule has 28 heavy (non-hydrogen) atoms. The highest BCUT2D eigenvalue weighted by Gasteiger charge is 2.08. The van der Waals surface area contributed by atoms with E-state index in [9.17, 15) is 0 Å². The van der Waals surface area contributed by atoms with Gasteiger partial charge in [-0.15, -0.1) is 0 Å². The van der Waals surface area contributed by atoms with Crippen molar-refractivity contribution < 1.29 is 4.74 Å². The molecule has 3 aromatic carbocycles. The highest BCUT2D eigenvalue weighted by molar-refractivity contribution is 6.30. The molecule has 0 bridgehead atoms. The van der Waals surface area contributed by atoms with Crippen LogP contribution in [0.25, 0.3) is 0 Å². The number of aryl methyl sites for hydroxylation is 2. The van der Waals surface area contributed by atoms with Crippen LogP contribution < -0.4 is 10.1 Å². The van der Waals surface area contributed by atoms with Crippen LogP contribution in [0.15, 0.2) is 72.8 Å². The fourth-order valence-electron chi connectivity index (χ4n) is 3.20. The van der Waals surface area contributed by atoms with Crippen LogP contribution in [0, 0.1) is 6.92 Å². The van der Waals surface area contributed by atoms with Crippen LogP contribution in [-0.4, -0.2) is 6.04 Å². The molecule has 0 saturated carbocycles. The summed E-state index contributed by atoms with van der Waals surface area (Å²) in [6.07, 6.45) is 2.16. The Labute approximate surface area is 173 Å². The van der Waals surface area contributed by atoms with Crippen molar-refractivity contribution >= 4 is 11.6 Å². The second kappa shape index (κ2) is 10.3. The van der Waals surface area contributed by atoms with Gasteiger partial charge in [0.15, 0.2) is 0 Å². The Balaban J connectivity index is 1.56. The molecule has 1 N–H and O–H groups in total. The van der Waals surface area contributed by atoms with Crippen molar-refractivity contribution in [3.05, 3.63) is 100 Å². The summed E-state index contributed by atoms with van der Waals surface area (Å²) in [7, 11) is 0. The van der Waals surface area contributed by atoms with Crippen molar-refractivity contribution in [1.82, 2.24) is 5.32 Å². The van der Waals surface area contributed by atoms with E-state index in [1.165, 1.54) is 16.7 Å². The zero-order valence-corrected chi connectivity index (χ0v) is 17.4. The average molecular weight is 394 g/mol. The zero-order valence-electron chi connectivity index (χ0n) is 16.6. The molecule has 0 spiro atoms. The van der Waals surface area contributed by atoms with Gasteiger partial charge in [-0.25, -0.2) is 0 Å². The van der Waals surface area contributed by atoms with E-state index in [0.29, 0.717) is 12.6 Å². The number of hydrogen-bond donors (Lipinski definition) is 1. The van der Waals surface area contributed by atoms with E-state index in [1.54, 1.807) is 0 Å². The zero-order chi connectivity index (χ0) is 19.8. The Kier molecular flexibility index (Phi) is 7.53. The lowest BCUT2D eigenvalue weighted by atomic mass is 10.1. The maximum Gasteiger partial charge on any atom is 0.124 e. The smallest absolute Gasteiger partial charge is 0.124 e. The number of rotatable bonds is 9. The highest BCUT2D eigenvalue weighted by Crippen LogP contribution is 2.24. The second-order valence-corrected chi connectivity index (χ2v) is 7.77. The maximum absolute atomic E-state index is 6.23. The van der Waals surface area contributed by atoms with Gasteiger partial charge in [-0.05, 0) is 56.0 Å². The second-order valence-electron chi connectivity index (χ2n) is 7.34. The Hall–Kier alpha value is -2.29. The number of nitrogens with one attached hydrogen (secondary N) is 1. The van der Waals surface area contributed by atoms with Crippen molar-refractivity contribution in [1.29, 1.82) is 0 Å². The number of hydrogen-bond acceptors (Lipinski definition) is 2. The topological polar surface area (TPSA) is 21.3 Å². The van der Waals surface area contributed by atoms with Crippen molar-refractivity contribution in [2.75, 3.05) is 0 Å². The molecule has 3 aromatic rings. The third-order valence-electron chi connectivity index (χ3n) is 4.85. The summed E-state index contributed by atoms with van der Waals surface area (Å²) in [4.78, 5) is 0. The maximum atomic E-state index is 6.23. The molecule has 1 atom stereocenters. The molecule has 0 aromatic heterocycles. The van der Waals surface area contributed by atoms with E-state index in [4.69, 9.17) is 16.3 Å². The predicted molar refractivity (Wildman–Crippen MR) is 118 cm³/mol. The molecule has 2 nitrogen and oxygen atoms in total. The van der Waals surface area contributed by atoms with Gasteiger partial charge in [-0.1, -0.05) is 71.8 Å². The summed E-state index contributed by atoms with van der Waals surface area (Å²) in [5, 5.41) is 4.34. The Morgan fingerprint density at radius 2 is 1.71 bits per heavy atom. The molecule has 0 amide bonds. The first-order valence-corrected chi connectivity index (χ1v) is 10.2. The van der Waals surface area contributed by atoms with Gasteiger partial charge in [0.05, 0.1) is 0 Å². The van der Waals surface area contributed by atoms with Gasteiger partial charge < -0.3 is 10.1 Å². The number of ether oxygens (including phenoxy) is 1. The fourth-order valence-corrected chi connectivity index (χ4v) is 3.40. The molecule has 146 valence electrons. The van der Waals surface area contributed by atoms with Crippen LogP contribution in [0.4, 0.5) is 0 Å². The van der Waals surface area contributed by atoms with Crippen LogP contribution >= 0.6 is 11.6 Å². The quantitative estimate of drug-likeness (QED) is 0.458. The van der Waals surface area contributed by atoms with E-state index in [-0.39, 0.29) is 0 Å². The minimum absolute atomic E-state index is 0.406. The molecule has 0 heterocycles. The van der Waals surface area contributed by atoms with Gasteiger partial charge in [-0.2, -0.15) is 0 Å². The first-order valence-electron chi connectivity index (χ1n) is 9.84. The van der Waals surface area contributed by atoms with E-state index < -0.39 is 0 Å². The average Bonchev–Trinajstić information content (AvgIpc) is 2.71. The first-order chi connectivity index (χ1) is 13.6. The number of benzene rings is 3. The lowest BCUT2D eigenvalue weighted by molar-refractivity contribution is 0.301. The summed E-state index contributed by atoms with van der Waals surface area (Å²) in [5.74, 6) is 0.883. The summed E-state index contributed by atoms with van der Waals surface area (Å²) in [5.41, 5.74) is 4.88. The molecule has 0 aliphatic carbocycles. The lowest BCUT2D eigenvalue weighted by Gasteiger charge is -2.17. The molecule has 0 fully saturated rings. The SMILES string of the molecule is Cc1cccc(COc2ccc(Cl)cc2CN[C@H](C)CCc2ccccc2)c1. The summed E-state index contributed by atoms with van der Waals surface area (Å²) >= 11 is 6.23. The van der Waals surface area contributed by atoms with Gasteiger partial charge in [0.2, 0.25) is 0 Å². The molecule has 3 heteroatoms. The molecule has 0 aliphatic heterocycles. The van der Waals surface area contributed by atoms with E-state index >= 15 is 0 Å². The van der Waals surface area contributed by atoms with Crippen molar-refractivity contribution in [2.45, 2.75) is 45.9 Å². The normalized spacial score (nSPS) is 12.0. The monoisotopic (exact) mass is 393 g/mol. The lowest BCUT2D eigenvalue weighted by Crippen LogP contribution is -2.26. The molecule has 3 rings (SSSR count). The van der Waals surface area contributed by atoms with E-state index in [1.807, 2.05) is 18.2 Å². The summed E-state index contributed by atoms with van der Waals surface area (Å²) in [6, 6.07) is 25.3. The first kappa shape index (κ1) is 20.4. The van der Waals surface area contributed by atoms with Gasteiger partial charge in [-0.3, -0.25) is 0 Å². The minimum Gasteiger partial charge on any atom is -0.489 e. The Morgan fingerprint density at radius 3 is 2.50 bits per heavy atom. The predicted octanol–water partition coefficient (Wildman–Crippen LogP) is 6.34. The highest BCUT2D eigenvalue weighted by atomic mass is 35.5. The molecule has 0 saturated heterocycles. The minimum atomic E-state index is 0.406. The van der Waals surface area contributed by atoms with Crippen LogP contribution in [0.2, 0.25) is 5.02 Å². The van der Waals surface area contributed by atoms with E-state index in [2.05, 4.69) is 73.8 Å². The Morgan fingerprint density at radius 1 is 0.929 bits per heavy atom. The third kappa shape index (κ3) is 6.40. The molecular weight excluding hydrogens is 366 g/mol. The molecular formula is C25H28ClNO. The van der Waals surface area contributed by atoms with Crippen molar-refractivity contribution in [2.24, 2.45) is 0 Å². The van der Waals surface area contributed by atoms with Crippen LogP contribution in [0.3, 0.4) is 0 Å². The van der Waals surface area contributed by atoms with Gasteiger partial charge in [0.1, 0.15) is 12.4 Å². The van der Waals surface area contributed by atoms with Crippen molar-refractivity contribution in [3.8, 4) is 5.75 Å². The largest absolute Gasteiger partial charge is 0.489 e. The van der Waals surface area contributed by atoms with Crippen LogP contribution in [-0.2, 0) is 19.6 Å². The summed E-state index contributed by atoms with van der Waals surface area (Å²) in [6.45, 7) is 5.61. The van der Waals surface area contributed by atoms with Gasteiger partial charge >= 0.3 is 0 Å². The summed E-state index contributed by atoms with van der Waals surface area (Å²) < 4.78 is 6.10. The fraction of sp³-hybridized carbons (Fsp3) is 0.280. The van der Waals surface area contributed by atoms with Crippen molar-refractivity contribution in [3.63, 3.8) is 0 Å². The molecule has 0 radical (unpaired) electrons. The number of halogens is 1. The molecule has 0 aliphatic rings. The van der Waals surface area contributed by atoms with Crippen LogP contribution in [0.5, 0.6) is 5.75 Å². The van der Waals surface area contributed by atoms with Gasteiger partial charge in [0, 0.05) is 23.2 Å².